The first-order valence-corrected chi connectivity index (χ1v) is 10.1. The largest absolute Gasteiger partial charge is 0.358 e. The molecule has 1 fully saturated rings. The molecule has 150 valence electrons. The Labute approximate surface area is 171 Å². The number of carbonyl (C=O) groups excluding carboxylic acids is 1. The van der Waals surface area contributed by atoms with Crippen molar-refractivity contribution >= 4 is 22.9 Å². The first kappa shape index (κ1) is 19.4. The molecule has 2 aromatic carbocycles. The minimum atomic E-state index is -0.527. The van der Waals surface area contributed by atoms with E-state index in [1.807, 2.05) is 12.1 Å². The summed E-state index contributed by atoms with van der Waals surface area (Å²) in [5.74, 6) is 0.0279. The highest BCUT2D eigenvalue weighted by molar-refractivity contribution is 5.90. The number of aromatic nitrogens is 1. The lowest BCUT2D eigenvalue weighted by Crippen LogP contribution is -2.34. The number of nitrogens with zero attached hydrogens (tertiary/aromatic N) is 1. The molecular weight excluding hydrogens is 362 g/mol. The maximum absolute atomic E-state index is 11.1. The van der Waals surface area contributed by atoms with Gasteiger partial charge in [-0.1, -0.05) is 42.5 Å². The number of piperidine rings is 1. The average molecular weight is 389 g/mol. The lowest BCUT2D eigenvalue weighted by molar-refractivity contribution is -0.124. The van der Waals surface area contributed by atoms with Crippen molar-refractivity contribution < 1.29 is 10.0 Å². The summed E-state index contributed by atoms with van der Waals surface area (Å²) in [5, 5.41) is 9.91. The molecular formula is C24H27N3O2. The van der Waals surface area contributed by atoms with Gasteiger partial charge >= 0.3 is 0 Å². The van der Waals surface area contributed by atoms with Gasteiger partial charge in [0.05, 0.1) is 0 Å². The predicted octanol–water partition coefficient (Wildman–Crippen LogP) is 4.37. The van der Waals surface area contributed by atoms with Gasteiger partial charge in [-0.2, -0.15) is 0 Å². The molecule has 1 aromatic heterocycles. The summed E-state index contributed by atoms with van der Waals surface area (Å²) in [7, 11) is 0. The number of carbonyl (C=O) groups is 1. The normalized spacial score (nSPS) is 17.8. The zero-order valence-corrected chi connectivity index (χ0v) is 16.7. The van der Waals surface area contributed by atoms with Crippen LogP contribution in [0.1, 0.15) is 41.1 Å². The fourth-order valence-electron chi connectivity index (χ4n) is 4.46. The summed E-state index contributed by atoms with van der Waals surface area (Å²) < 4.78 is 0. The van der Waals surface area contributed by atoms with Gasteiger partial charge in [-0.05, 0) is 61.1 Å². The van der Waals surface area contributed by atoms with Gasteiger partial charge in [0, 0.05) is 35.8 Å². The van der Waals surface area contributed by atoms with Gasteiger partial charge < -0.3 is 4.98 Å². The van der Waals surface area contributed by atoms with E-state index in [9.17, 15) is 4.79 Å². The van der Waals surface area contributed by atoms with Crippen molar-refractivity contribution in [2.75, 3.05) is 13.1 Å². The standard InChI is InChI=1S/C24H27N3O2/c1-17-24(21-6-2-3-7-22(21)25-17)20-5-4-14-27(16-20)15-19-10-8-18(9-11-19)12-13-23(28)26-29/h2-3,6-13,20,25,29H,4-5,14-16H2,1H3,(H,26,28)/b13-12+/t20-/m0/s1. The average Bonchev–Trinajstić information content (AvgIpc) is 3.09. The number of fused-ring (bicyclic) bond motifs is 1. The second kappa shape index (κ2) is 8.64. The molecule has 5 nitrogen and oxygen atoms in total. The van der Waals surface area contributed by atoms with Crippen molar-refractivity contribution in [3.05, 3.63) is 77.0 Å². The number of para-hydroxylation sites is 1. The first-order chi connectivity index (χ1) is 14.1. The second-order valence-corrected chi connectivity index (χ2v) is 7.83. The van der Waals surface area contributed by atoms with E-state index in [2.05, 4.69) is 53.2 Å². The molecule has 4 rings (SSSR count). The summed E-state index contributed by atoms with van der Waals surface area (Å²) in [6.45, 7) is 5.31. The summed E-state index contributed by atoms with van der Waals surface area (Å²) >= 11 is 0. The van der Waals surface area contributed by atoms with E-state index >= 15 is 0 Å². The Bertz CT molecular complexity index is 1020. The molecule has 5 heteroatoms. The molecule has 1 saturated heterocycles. The fourth-order valence-corrected chi connectivity index (χ4v) is 4.46. The minimum Gasteiger partial charge on any atom is -0.358 e. The van der Waals surface area contributed by atoms with Gasteiger partial charge in [-0.15, -0.1) is 0 Å². The number of hydrogen-bond donors (Lipinski definition) is 3. The maximum Gasteiger partial charge on any atom is 0.267 e. The Kier molecular flexibility index (Phi) is 5.79. The third-order valence-electron chi connectivity index (χ3n) is 5.78. The quantitative estimate of drug-likeness (QED) is 0.345. The molecule has 3 aromatic rings. The molecule has 1 atom stereocenters. The van der Waals surface area contributed by atoms with E-state index in [4.69, 9.17) is 5.21 Å². The highest BCUT2D eigenvalue weighted by Gasteiger charge is 2.25. The third-order valence-corrected chi connectivity index (χ3v) is 5.78. The molecule has 0 spiro atoms. The van der Waals surface area contributed by atoms with Crippen LogP contribution in [0.5, 0.6) is 0 Å². The number of nitrogens with one attached hydrogen (secondary N) is 2. The van der Waals surface area contributed by atoms with E-state index in [1.54, 1.807) is 11.6 Å². The molecule has 2 heterocycles. The molecule has 1 aliphatic rings. The number of benzene rings is 2. The van der Waals surface area contributed by atoms with Gasteiger partial charge in [-0.25, -0.2) is 5.48 Å². The Morgan fingerprint density at radius 2 is 2.03 bits per heavy atom. The van der Waals surface area contributed by atoms with Crippen LogP contribution in [0.15, 0.2) is 54.6 Å². The van der Waals surface area contributed by atoms with Gasteiger partial charge in [0.15, 0.2) is 0 Å². The summed E-state index contributed by atoms with van der Waals surface area (Å²) in [5.41, 5.74) is 7.80. The number of aromatic amines is 1. The smallest absolute Gasteiger partial charge is 0.267 e. The highest BCUT2D eigenvalue weighted by atomic mass is 16.5. The van der Waals surface area contributed by atoms with Gasteiger partial charge in [0.2, 0.25) is 0 Å². The molecule has 0 saturated carbocycles. The van der Waals surface area contributed by atoms with Gasteiger partial charge in [0.25, 0.3) is 5.91 Å². The van der Waals surface area contributed by atoms with Gasteiger partial charge in [-0.3, -0.25) is 14.9 Å². The number of likely N-dealkylation sites (tertiary alicyclic amines) is 1. The van der Waals surface area contributed by atoms with Crippen LogP contribution in [0.2, 0.25) is 0 Å². The Morgan fingerprint density at radius 1 is 1.24 bits per heavy atom. The van der Waals surface area contributed by atoms with Crippen molar-refractivity contribution in [1.29, 1.82) is 0 Å². The zero-order valence-electron chi connectivity index (χ0n) is 16.7. The molecule has 1 amide bonds. The Morgan fingerprint density at radius 3 is 2.83 bits per heavy atom. The lowest BCUT2D eigenvalue weighted by atomic mass is 9.88. The van der Waals surface area contributed by atoms with Gasteiger partial charge in [0.1, 0.15) is 0 Å². The van der Waals surface area contributed by atoms with E-state index in [1.165, 1.54) is 46.6 Å². The van der Waals surface area contributed by atoms with Crippen molar-refractivity contribution in [3.63, 3.8) is 0 Å². The SMILES string of the molecule is Cc1[nH]c2ccccc2c1[C@H]1CCCN(Cc2ccc(/C=C/C(=O)NO)cc2)C1. The van der Waals surface area contributed by atoms with Crippen molar-refractivity contribution in [2.45, 2.75) is 32.2 Å². The summed E-state index contributed by atoms with van der Waals surface area (Å²) in [6.07, 6.45) is 5.44. The van der Waals surface area contributed by atoms with E-state index in [0.717, 1.165) is 25.2 Å². The van der Waals surface area contributed by atoms with Crippen molar-refractivity contribution in [2.24, 2.45) is 0 Å². The number of rotatable bonds is 5. The van der Waals surface area contributed by atoms with E-state index in [0.29, 0.717) is 5.92 Å². The van der Waals surface area contributed by atoms with Crippen LogP contribution in [-0.2, 0) is 11.3 Å². The molecule has 0 bridgehead atoms. The molecule has 3 N–H and O–H groups in total. The number of hydroxylamine groups is 1. The van der Waals surface area contributed by atoms with Crippen LogP contribution in [-0.4, -0.2) is 34.1 Å². The first-order valence-electron chi connectivity index (χ1n) is 10.1. The number of H-pyrrole nitrogens is 1. The molecule has 0 aliphatic carbocycles. The Balaban J connectivity index is 1.44. The van der Waals surface area contributed by atoms with Crippen molar-refractivity contribution in [3.8, 4) is 0 Å². The van der Waals surface area contributed by atoms with Crippen molar-refractivity contribution in [1.82, 2.24) is 15.4 Å². The molecule has 29 heavy (non-hydrogen) atoms. The number of aryl methyl sites for hydroxylation is 1. The summed E-state index contributed by atoms with van der Waals surface area (Å²) in [6, 6.07) is 16.8. The van der Waals surface area contributed by atoms with Crippen LogP contribution in [0.4, 0.5) is 0 Å². The molecule has 1 aliphatic heterocycles. The zero-order chi connectivity index (χ0) is 20.2. The minimum absolute atomic E-state index is 0.527. The second-order valence-electron chi connectivity index (χ2n) is 7.83. The van der Waals surface area contributed by atoms with Crippen LogP contribution >= 0.6 is 0 Å². The monoisotopic (exact) mass is 389 g/mol. The maximum atomic E-state index is 11.1. The Hall–Kier alpha value is -2.89. The molecule has 0 radical (unpaired) electrons. The van der Waals surface area contributed by atoms with Crippen LogP contribution in [0.25, 0.3) is 17.0 Å². The lowest BCUT2D eigenvalue weighted by Gasteiger charge is -2.33. The molecule has 0 unspecified atom stereocenters. The van der Waals surface area contributed by atoms with Crippen LogP contribution in [0, 0.1) is 6.92 Å². The van der Waals surface area contributed by atoms with Crippen LogP contribution in [0.3, 0.4) is 0 Å². The highest BCUT2D eigenvalue weighted by Crippen LogP contribution is 2.35. The topological polar surface area (TPSA) is 68.4 Å². The van der Waals surface area contributed by atoms with E-state index in [-0.39, 0.29) is 0 Å². The van der Waals surface area contributed by atoms with Crippen LogP contribution < -0.4 is 5.48 Å². The van der Waals surface area contributed by atoms with E-state index < -0.39 is 5.91 Å². The number of hydrogen-bond acceptors (Lipinski definition) is 3. The fraction of sp³-hybridized carbons (Fsp3) is 0.292. The summed E-state index contributed by atoms with van der Waals surface area (Å²) in [4.78, 5) is 17.2. The predicted molar refractivity (Wildman–Crippen MR) is 116 cm³/mol. The third kappa shape index (κ3) is 4.42. The number of amides is 1.